The second-order valence-electron chi connectivity index (χ2n) is 5.97. The number of aromatic nitrogens is 2. The second-order valence-corrected chi connectivity index (χ2v) is 5.97. The SMILES string of the molecule is CCc1ccccc1Nc1ccc(C(=O)NCc2ccc(OC)cc2)nn1. The van der Waals surface area contributed by atoms with Crippen LogP contribution in [0.4, 0.5) is 11.5 Å². The molecule has 0 aliphatic rings. The van der Waals surface area contributed by atoms with Crippen LogP contribution in [0.15, 0.2) is 60.7 Å². The summed E-state index contributed by atoms with van der Waals surface area (Å²) in [5.74, 6) is 1.12. The molecule has 1 heterocycles. The molecule has 0 spiro atoms. The van der Waals surface area contributed by atoms with E-state index in [0.717, 1.165) is 23.4 Å². The van der Waals surface area contributed by atoms with Crippen LogP contribution in [0.2, 0.25) is 0 Å². The van der Waals surface area contributed by atoms with Crippen molar-refractivity contribution in [2.45, 2.75) is 19.9 Å². The lowest BCUT2D eigenvalue weighted by Crippen LogP contribution is -2.24. The van der Waals surface area contributed by atoms with Crippen molar-refractivity contribution in [3.8, 4) is 5.75 Å². The lowest BCUT2D eigenvalue weighted by atomic mass is 10.1. The van der Waals surface area contributed by atoms with Gasteiger partial charge in [0.1, 0.15) is 5.75 Å². The van der Waals surface area contributed by atoms with Crippen LogP contribution in [0.3, 0.4) is 0 Å². The average Bonchev–Trinajstić information content (AvgIpc) is 2.73. The summed E-state index contributed by atoms with van der Waals surface area (Å²) in [7, 11) is 1.62. The summed E-state index contributed by atoms with van der Waals surface area (Å²) in [6.45, 7) is 2.51. The summed E-state index contributed by atoms with van der Waals surface area (Å²) in [4.78, 5) is 12.3. The van der Waals surface area contributed by atoms with Crippen LogP contribution in [-0.2, 0) is 13.0 Å². The first kappa shape index (κ1) is 18.4. The monoisotopic (exact) mass is 362 g/mol. The molecule has 0 saturated carbocycles. The fourth-order valence-electron chi connectivity index (χ4n) is 2.62. The van der Waals surface area contributed by atoms with E-state index in [1.165, 1.54) is 5.56 Å². The third kappa shape index (κ3) is 4.82. The van der Waals surface area contributed by atoms with Crippen LogP contribution in [0.25, 0.3) is 0 Å². The maximum absolute atomic E-state index is 12.3. The van der Waals surface area contributed by atoms with E-state index in [9.17, 15) is 4.79 Å². The third-order valence-electron chi connectivity index (χ3n) is 4.17. The Hall–Kier alpha value is -3.41. The maximum atomic E-state index is 12.3. The topological polar surface area (TPSA) is 76.1 Å². The fraction of sp³-hybridized carbons (Fsp3) is 0.190. The van der Waals surface area contributed by atoms with Gasteiger partial charge in [0.15, 0.2) is 11.5 Å². The molecule has 1 amide bonds. The number of nitrogens with zero attached hydrogens (tertiary/aromatic N) is 2. The van der Waals surface area contributed by atoms with Gasteiger partial charge in [-0.3, -0.25) is 4.79 Å². The van der Waals surface area contributed by atoms with Gasteiger partial charge in [-0.25, -0.2) is 0 Å². The van der Waals surface area contributed by atoms with Crippen molar-refractivity contribution in [1.29, 1.82) is 0 Å². The van der Waals surface area contributed by atoms with Crippen LogP contribution in [0.1, 0.15) is 28.5 Å². The number of carbonyl (C=O) groups is 1. The van der Waals surface area contributed by atoms with Crippen molar-refractivity contribution in [3.05, 3.63) is 77.5 Å². The quantitative estimate of drug-likeness (QED) is 0.670. The molecule has 3 rings (SSSR count). The molecule has 0 bridgehead atoms. The van der Waals surface area contributed by atoms with Gasteiger partial charge >= 0.3 is 0 Å². The van der Waals surface area contributed by atoms with E-state index < -0.39 is 0 Å². The molecule has 0 fully saturated rings. The zero-order valence-corrected chi connectivity index (χ0v) is 15.4. The predicted octanol–water partition coefficient (Wildman–Crippen LogP) is 3.72. The molecule has 2 aromatic carbocycles. The highest BCUT2D eigenvalue weighted by Crippen LogP contribution is 2.19. The van der Waals surface area contributed by atoms with Crippen LogP contribution >= 0.6 is 0 Å². The van der Waals surface area contributed by atoms with Gasteiger partial charge in [0, 0.05) is 12.2 Å². The molecule has 0 unspecified atom stereocenters. The molecule has 6 heteroatoms. The van der Waals surface area contributed by atoms with E-state index in [0.29, 0.717) is 12.4 Å². The molecular weight excluding hydrogens is 340 g/mol. The Kier molecular flexibility index (Phi) is 5.99. The Morgan fingerprint density at radius 2 is 1.78 bits per heavy atom. The highest BCUT2D eigenvalue weighted by Gasteiger charge is 2.09. The maximum Gasteiger partial charge on any atom is 0.272 e. The fourth-order valence-corrected chi connectivity index (χ4v) is 2.62. The van der Waals surface area contributed by atoms with E-state index >= 15 is 0 Å². The standard InChI is InChI=1S/C21H22N4O2/c1-3-16-6-4-5-7-18(16)23-20-13-12-19(24-25-20)21(26)22-14-15-8-10-17(27-2)11-9-15/h4-13H,3,14H2,1-2H3,(H,22,26)(H,23,25). The van der Waals surface area contributed by atoms with E-state index in [4.69, 9.17) is 4.74 Å². The second kappa shape index (κ2) is 8.80. The lowest BCUT2D eigenvalue weighted by Gasteiger charge is -2.10. The zero-order chi connectivity index (χ0) is 19.1. The summed E-state index contributed by atoms with van der Waals surface area (Å²) >= 11 is 0. The molecule has 0 atom stereocenters. The number of anilines is 2. The highest BCUT2D eigenvalue weighted by molar-refractivity contribution is 5.92. The summed E-state index contributed by atoms with van der Waals surface area (Å²) in [6, 6.07) is 19.0. The number of amides is 1. The largest absolute Gasteiger partial charge is 0.497 e. The van der Waals surface area contributed by atoms with Gasteiger partial charge in [0.25, 0.3) is 5.91 Å². The van der Waals surface area contributed by atoms with Crippen LogP contribution in [-0.4, -0.2) is 23.2 Å². The van der Waals surface area contributed by atoms with E-state index in [1.54, 1.807) is 19.2 Å². The Bertz CT molecular complexity index is 893. The average molecular weight is 362 g/mol. The van der Waals surface area contributed by atoms with E-state index in [-0.39, 0.29) is 11.6 Å². The van der Waals surface area contributed by atoms with Gasteiger partial charge in [0.05, 0.1) is 7.11 Å². The Balaban J connectivity index is 1.59. The van der Waals surface area contributed by atoms with Crippen molar-refractivity contribution >= 4 is 17.4 Å². The van der Waals surface area contributed by atoms with Gasteiger partial charge in [0.2, 0.25) is 0 Å². The molecule has 2 N–H and O–H groups in total. The Labute approximate surface area is 158 Å². The number of nitrogens with one attached hydrogen (secondary N) is 2. The highest BCUT2D eigenvalue weighted by atomic mass is 16.5. The normalized spacial score (nSPS) is 10.3. The van der Waals surface area contributed by atoms with Gasteiger partial charge < -0.3 is 15.4 Å². The molecule has 27 heavy (non-hydrogen) atoms. The van der Waals surface area contributed by atoms with Crippen molar-refractivity contribution in [1.82, 2.24) is 15.5 Å². The van der Waals surface area contributed by atoms with Gasteiger partial charge in [-0.2, -0.15) is 0 Å². The van der Waals surface area contributed by atoms with Crippen LogP contribution in [0, 0.1) is 0 Å². The minimum atomic E-state index is -0.265. The van der Waals surface area contributed by atoms with Gasteiger partial charge in [-0.1, -0.05) is 37.3 Å². The number of hydrogen-bond acceptors (Lipinski definition) is 5. The van der Waals surface area contributed by atoms with E-state index in [1.807, 2.05) is 42.5 Å². The molecule has 138 valence electrons. The number of aryl methyl sites for hydroxylation is 1. The number of rotatable bonds is 7. The van der Waals surface area contributed by atoms with Crippen molar-refractivity contribution in [2.24, 2.45) is 0 Å². The number of methoxy groups -OCH3 is 1. The summed E-state index contributed by atoms with van der Waals surface area (Å²) < 4.78 is 5.12. The summed E-state index contributed by atoms with van der Waals surface area (Å²) in [5, 5.41) is 14.2. The number of para-hydroxylation sites is 1. The minimum Gasteiger partial charge on any atom is -0.497 e. The third-order valence-corrected chi connectivity index (χ3v) is 4.17. The zero-order valence-electron chi connectivity index (χ0n) is 15.4. The van der Waals surface area contributed by atoms with E-state index in [2.05, 4.69) is 33.8 Å². The Morgan fingerprint density at radius 1 is 1.00 bits per heavy atom. The summed E-state index contributed by atoms with van der Waals surface area (Å²) in [5.41, 5.74) is 3.44. The first-order chi connectivity index (χ1) is 13.2. The molecule has 0 saturated heterocycles. The van der Waals surface area contributed by atoms with Gasteiger partial charge in [-0.05, 0) is 47.9 Å². The van der Waals surface area contributed by atoms with Gasteiger partial charge in [-0.15, -0.1) is 10.2 Å². The molecule has 6 nitrogen and oxygen atoms in total. The minimum absolute atomic E-state index is 0.265. The van der Waals surface area contributed by atoms with Crippen molar-refractivity contribution < 1.29 is 9.53 Å². The molecule has 0 radical (unpaired) electrons. The summed E-state index contributed by atoms with van der Waals surface area (Å²) in [6.07, 6.45) is 0.919. The molecule has 0 aliphatic heterocycles. The van der Waals surface area contributed by atoms with Crippen molar-refractivity contribution in [2.75, 3.05) is 12.4 Å². The number of hydrogen-bond donors (Lipinski definition) is 2. The van der Waals surface area contributed by atoms with Crippen LogP contribution < -0.4 is 15.4 Å². The predicted molar refractivity (Wildman–Crippen MR) is 105 cm³/mol. The lowest BCUT2D eigenvalue weighted by molar-refractivity contribution is 0.0945. The first-order valence-electron chi connectivity index (χ1n) is 8.79. The smallest absolute Gasteiger partial charge is 0.272 e. The molecule has 0 aliphatic carbocycles. The first-order valence-corrected chi connectivity index (χ1v) is 8.79. The number of carbonyl (C=O) groups excluding carboxylic acids is 1. The van der Waals surface area contributed by atoms with Crippen molar-refractivity contribution in [3.63, 3.8) is 0 Å². The molecule has 3 aromatic rings. The van der Waals surface area contributed by atoms with Crippen LogP contribution in [0.5, 0.6) is 5.75 Å². The Morgan fingerprint density at radius 3 is 2.44 bits per heavy atom. The number of benzene rings is 2. The molecular formula is C21H22N4O2. The number of ether oxygens (including phenoxy) is 1. The molecule has 1 aromatic heterocycles.